The van der Waals surface area contributed by atoms with Gasteiger partial charge in [-0.1, -0.05) is 58.4 Å². The fraction of sp³-hybridized carbons (Fsp3) is 0.538. The standard InChI is InChI=1S/C13H19Cl/c1-9(2)10-6-7-12(14)11(8-10)13(3,4)5/h6-9H,1-5H3. The average Bonchev–Trinajstić information content (AvgIpc) is 2.02. The van der Waals surface area contributed by atoms with Crippen LogP contribution in [0.4, 0.5) is 0 Å². The number of hydrogen-bond donors (Lipinski definition) is 0. The summed E-state index contributed by atoms with van der Waals surface area (Å²) < 4.78 is 0. The van der Waals surface area contributed by atoms with E-state index < -0.39 is 0 Å². The zero-order chi connectivity index (χ0) is 10.9. The summed E-state index contributed by atoms with van der Waals surface area (Å²) in [5, 5.41) is 0.877. The van der Waals surface area contributed by atoms with Crippen LogP contribution in [-0.2, 0) is 5.41 Å². The van der Waals surface area contributed by atoms with Crippen molar-refractivity contribution in [1.82, 2.24) is 0 Å². The van der Waals surface area contributed by atoms with Crippen LogP contribution in [0.25, 0.3) is 0 Å². The summed E-state index contributed by atoms with van der Waals surface area (Å²) in [5.41, 5.74) is 2.73. The van der Waals surface area contributed by atoms with Crippen LogP contribution in [-0.4, -0.2) is 0 Å². The molecule has 1 rings (SSSR count). The molecule has 0 amide bonds. The van der Waals surface area contributed by atoms with Gasteiger partial charge in [0.2, 0.25) is 0 Å². The first-order valence-electron chi connectivity index (χ1n) is 5.12. The molecular weight excluding hydrogens is 192 g/mol. The van der Waals surface area contributed by atoms with Crippen LogP contribution in [0.5, 0.6) is 0 Å². The summed E-state index contributed by atoms with van der Waals surface area (Å²) in [4.78, 5) is 0. The Morgan fingerprint density at radius 3 is 2.14 bits per heavy atom. The molecular formula is C13H19Cl. The SMILES string of the molecule is CC(C)c1ccc(Cl)c(C(C)(C)C)c1. The third kappa shape index (κ3) is 2.51. The second-order valence-electron chi connectivity index (χ2n) is 5.14. The van der Waals surface area contributed by atoms with Gasteiger partial charge < -0.3 is 0 Å². The molecule has 1 heteroatoms. The van der Waals surface area contributed by atoms with E-state index >= 15 is 0 Å². The molecule has 0 radical (unpaired) electrons. The van der Waals surface area contributed by atoms with Gasteiger partial charge in [0.1, 0.15) is 0 Å². The first-order valence-corrected chi connectivity index (χ1v) is 5.50. The quantitative estimate of drug-likeness (QED) is 0.627. The highest BCUT2D eigenvalue weighted by Crippen LogP contribution is 2.31. The fourth-order valence-corrected chi connectivity index (χ4v) is 1.88. The van der Waals surface area contributed by atoms with Gasteiger partial charge in [0, 0.05) is 5.02 Å². The van der Waals surface area contributed by atoms with Gasteiger partial charge in [0.15, 0.2) is 0 Å². The summed E-state index contributed by atoms with van der Waals surface area (Å²) in [6, 6.07) is 6.35. The molecule has 0 aliphatic carbocycles. The summed E-state index contributed by atoms with van der Waals surface area (Å²) in [7, 11) is 0. The maximum Gasteiger partial charge on any atom is 0.0443 e. The van der Waals surface area contributed by atoms with Gasteiger partial charge in [-0.25, -0.2) is 0 Å². The average molecular weight is 211 g/mol. The summed E-state index contributed by atoms with van der Waals surface area (Å²) in [5.74, 6) is 0.563. The Labute approximate surface area is 92.3 Å². The van der Waals surface area contributed by atoms with Gasteiger partial charge in [-0.2, -0.15) is 0 Å². The van der Waals surface area contributed by atoms with Crippen molar-refractivity contribution in [2.75, 3.05) is 0 Å². The highest BCUT2D eigenvalue weighted by atomic mass is 35.5. The smallest absolute Gasteiger partial charge is 0.0443 e. The highest BCUT2D eigenvalue weighted by Gasteiger charge is 2.17. The molecule has 0 heterocycles. The lowest BCUT2D eigenvalue weighted by Gasteiger charge is -2.22. The third-order valence-electron chi connectivity index (χ3n) is 2.47. The molecule has 0 unspecified atom stereocenters. The molecule has 0 saturated heterocycles. The van der Waals surface area contributed by atoms with Crippen molar-refractivity contribution < 1.29 is 0 Å². The molecule has 1 aromatic rings. The van der Waals surface area contributed by atoms with Crippen molar-refractivity contribution in [3.05, 3.63) is 34.3 Å². The van der Waals surface area contributed by atoms with Crippen LogP contribution in [0.2, 0.25) is 5.02 Å². The molecule has 0 aliphatic heterocycles. The fourth-order valence-electron chi connectivity index (χ4n) is 1.48. The monoisotopic (exact) mass is 210 g/mol. The van der Waals surface area contributed by atoms with Crippen molar-refractivity contribution in [1.29, 1.82) is 0 Å². The van der Waals surface area contributed by atoms with Crippen molar-refractivity contribution in [3.63, 3.8) is 0 Å². The maximum absolute atomic E-state index is 6.19. The lowest BCUT2D eigenvalue weighted by atomic mass is 9.85. The van der Waals surface area contributed by atoms with Crippen molar-refractivity contribution in [2.45, 2.75) is 46.0 Å². The van der Waals surface area contributed by atoms with Crippen LogP contribution in [0.15, 0.2) is 18.2 Å². The minimum atomic E-state index is 0.127. The largest absolute Gasteiger partial charge is 0.0840 e. The molecule has 0 atom stereocenters. The molecule has 0 aliphatic rings. The van der Waals surface area contributed by atoms with Gasteiger partial charge in [-0.05, 0) is 28.5 Å². The molecule has 0 aromatic heterocycles. The minimum Gasteiger partial charge on any atom is -0.0840 e. The molecule has 0 saturated carbocycles. The molecule has 78 valence electrons. The Hall–Kier alpha value is -0.490. The van der Waals surface area contributed by atoms with Crippen molar-refractivity contribution in [3.8, 4) is 0 Å². The summed E-state index contributed by atoms with van der Waals surface area (Å²) in [6.45, 7) is 11.0. The molecule has 0 fully saturated rings. The number of benzene rings is 1. The molecule has 1 aromatic carbocycles. The van der Waals surface area contributed by atoms with Crippen LogP contribution < -0.4 is 0 Å². The highest BCUT2D eigenvalue weighted by molar-refractivity contribution is 6.31. The van der Waals surface area contributed by atoms with E-state index in [-0.39, 0.29) is 5.41 Å². The van der Waals surface area contributed by atoms with Gasteiger partial charge >= 0.3 is 0 Å². The topological polar surface area (TPSA) is 0 Å². The first-order chi connectivity index (χ1) is 6.32. The Bertz CT molecular complexity index is 318. The Morgan fingerprint density at radius 2 is 1.71 bits per heavy atom. The zero-order valence-electron chi connectivity index (χ0n) is 9.69. The minimum absolute atomic E-state index is 0.127. The van der Waals surface area contributed by atoms with Gasteiger partial charge in [-0.15, -0.1) is 0 Å². The van der Waals surface area contributed by atoms with Crippen LogP contribution >= 0.6 is 11.6 Å². The second-order valence-corrected chi connectivity index (χ2v) is 5.55. The van der Waals surface area contributed by atoms with E-state index in [1.807, 2.05) is 6.07 Å². The predicted octanol–water partition coefficient (Wildman–Crippen LogP) is 4.76. The zero-order valence-corrected chi connectivity index (χ0v) is 10.4. The molecule has 0 nitrogen and oxygen atoms in total. The second kappa shape index (κ2) is 3.94. The lowest BCUT2D eigenvalue weighted by Crippen LogP contribution is -2.12. The van der Waals surface area contributed by atoms with Crippen molar-refractivity contribution in [2.24, 2.45) is 0 Å². The van der Waals surface area contributed by atoms with E-state index in [2.05, 4.69) is 46.8 Å². The summed E-state index contributed by atoms with van der Waals surface area (Å²) in [6.07, 6.45) is 0. The Kier molecular flexibility index (Phi) is 3.26. The Balaban J connectivity index is 3.22. The van der Waals surface area contributed by atoms with Crippen LogP contribution in [0.1, 0.15) is 51.7 Å². The Morgan fingerprint density at radius 1 is 1.14 bits per heavy atom. The van der Waals surface area contributed by atoms with E-state index in [1.165, 1.54) is 11.1 Å². The summed E-state index contributed by atoms with van der Waals surface area (Å²) >= 11 is 6.19. The molecule has 14 heavy (non-hydrogen) atoms. The molecule has 0 bridgehead atoms. The molecule has 0 spiro atoms. The van der Waals surface area contributed by atoms with Gasteiger partial charge in [0.25, 0.3) is 0 Å². The van der Waals surface area contributed by atoms with Gasteiger partial charge in [0.05, 0.1) is 0 Å². The number of hydrogen-bond acceptors (Lipinski definition) is 0. The van der Waals surface area contributed by atoms with E-state index in [0.717, 1.165) is 5.02 Å². The van der Waals surface area contributed by atoms with Crippen LogP contribution in [0, 0.1) is 0 Å². The predicted molar refractivity (Wildman–Crippen MR) is 64.2 cm³/mol. The van der Waals surface area contributed by atoms with E-state index in [9.17, 15) is 0 Å². The van der Waals surface area contributed by atoms with Crippen molar-refractivity contribution >= 4 is 11.6 Å². The maximum atomic E-state index is 6.19. The third-order valence-corrected chi connectivity index (χ3v) is 2.79. The van der Waals surface area contributed by atoms with E-state index in [4.69, 9.17) is 11.6 Å². The lowest BCUT2D eigenvalue weighted by molar-refractivity contribution is 0.589. The molecule has 0 N–H and O–H groups in total. The number of halogens is 1. The van der Waals surface area contributed by atoms with Gasteiger partial charge in [-0.3, -0.25) is 0 Å². The van der Waals surface area contributed by atoms with Crippen LogP contribution in [0.3, 0.4) is 0 Å². The van der Waals surface area contributed by atoms with E-state index in [0.29, 0.717) is 5.92 Å². The normalized spacial score (nSPS) is 12.2. The van der Waals surface area contributed by atoms with E-state index in [1.54, 1.807) is 0 Å². The first kappa shape index (κ1) is 11.6. The number of rotatable bonds is 1.